The van der Waals surface area contributed by atoms with E-state index in [9.17, 15) is 15.0 Å². The highest BCUT2D eigenvalue weighted by Gasteiger charge is 2.43. The van der Waals surface area contributed by atoms with Crippen LogP contribution >= 0.6 is 0 Å². The number of carbonyl (C=O) groups excluding carboxylic acids is 1. The van der Waals surface area contributed by atoms with Crippen LogP contribution in [0.5, 0.6) is 0 Å². The number of hydrogen-bond donors (Lipinski definition) is 2. The second kappa shape index (κ2) is 11.9. The fourth-order valence-corrected chi connectivity index (χ4v) is 3.62. The standard InChI is InChI=1S/C20H40O4/c1-6-11-12-13-17(7-2)20(9-4,10-5)18(23)24-16-19(8-3,14-21)15-22/h17,21-22H,6-16H2,1-5H3. The van der Waals surface area contributed by atoms with E-state index in [4.69, 9.17) is 4.74 Å². The van der Waals surface area contributed by atoms with E-state index in [1.165, 1.54) is 12.8 Å². The molecule has 0 saturated heterocycles. The summed E-state index contributed by atoms with van der Waals surface area (Å²) in [5.41, 5.74) is -1.18. The van der Waals surface area contributed by atoms with Crippen molar-refractivity contribution in [2.45, 2.75) is 86.0 Å². The Balaban J connectivity index is 5.14. The summed E-state index contributed by atoms with van der Waals surface area (Å²) < 4.78 is 5.66. The van der Waals surface area contributed by atoms with Crippen molar-refractivity contribution in [3.05, 3.63) is 0 Å². The summed E-state index contributed by atoms with van der Waals surface area (Å²) in [5, 5.41) is 19.1. The van der Waals surface area contributed by atoms with Crippen LogP contribution in [0.1, 0.15) is 86.0 Å². The summed E-state index contributed by atoms with van der Waals surface area (Å²) in [4.78, 5) is 13.0. The van der Waals surface area contributed by atoms with Crippen molar-refractivity contribution < 1.29 is 19.7 Å². The van der Waals surface area contributed by atoms with E-state index in [1.807, 2.05) is 6.92 Å². The molecule has 4 heteroatoms. The highest BCUT2D eigenvalue weighted by molar-refractivity contribution is 5.77. The van der Waals surface area contributed by atoms with E-state index >= 15 is 0 Å². The second-order valence-electron chi connectivity index (χ2n) is 7.21. The molecule has 2 N–H and O–H groups in total. The van der Waals surface area contributed by atoms with Crippen LogP contribution in [0.3, 0.4) is 0 Å². The van der Waals surface area contributed by atoms with Crippen molar-refractivity contribution in [3.63, 3.8) is 0 Å². The van der Waals surface area contributed by atoms with Crippen molar-refractivity contribution in [3.8, 4) is 0 Å². The van der Waals surface area contributed by atoms with Gasteiger partial charge in [0.15, 0.2) is 0 Å². The summed E-state index contributed by atoms with van der Waals surface area (Å²) in [6.45, 7) is 10.1. The van der Waals surface area contributed by atoms with Gasteiger partial charge in [0.2, 0.25) is 0 Å². The molecule has 0 rings (SSSR count). The predicted octanol–water partition coefficient (Wildman–Crippen LogP) is 4.32. The maximum atomic E-state index is 13.0. The minimum atomic E-state index is -0.729. The molecule has 0 aliphatic carbocycles. The van der Waals surface area contributed by atoms with Crippen molar-refractivity contribution in [2.75, 3.05) is 19.8 Å². The lowest BCUT2D eigenvalue weighted by Gasteiger charge is -2.38. The molecule has 0 aliphatic heterocycles. The number of unbranched alkanes of at least 4 members (excludes halogenated alkanes) is 2. The van der Waals surface area contributed by atoms with Gasteiger partial charge in [0.25, 0.3) is 0 Å². The summed E-state index contributed by atoms with van der Waals surface area (Å²) in [6.07, 6.45) is 7.66. The van der Waals surface area contributed by atoms with Gasteiger partial charge in [-0.25, -0.2) is 0 Å². The minimum absolute atomic E-state index is 0.0858. The molecule has 0 amide bonds. The zero-order valence-electron chi connectivity index (χ0n) is 16.6. The van der Waals surface area contributed by atoms with E-state index in [2.05, 4.69) is 27.7 Å². The minimum Gasteiger partial charge on any atom is -0.464 e. The van der Waals surface area contributed by atoms with Crippen LogP contribution in [0, 0.1) is 16.7 Å². The average molecular weight is 345 g/mol. The maximum absolute atomic E-state index is 13.0. The maximum Gasteiger partial charge on any atom is 0.312 e. The van der Waals surface area contributed by atoms with Crippen LogP contribution in [0.25, 0.3) is 0 Å². The fourth-order valence-electron chi connectivity index (χ4n) is 3.62. The van der Waals surface area contributed by atoms with Gasteiger partial charge in [-0.2, -0.15) is 0 Å². The van der Waals surface area contributed by atoms with Crippen molar-refractivity contribution in [1.82, 2.24) is 0 Å². The lowest BCUT2D eigenvalue weighted by Crippen LogP contribution is -2.42. The Bertz CT molecular complexity index is 324. The SMILES string of the molecule is CCCCCC(CC)C(CC)(CC)C(=O)OCC(CC)(CO)CO. The van der Waals surface area contributed by atoms with Gasteiger partial charge in [-0.1, -0.05) is 60.3 Å². The highest BCUT2D eigenvalue weighted by Crippen LogP contribution is 2.42. The Labute approximate surface area is 149 Å². The topological polar surface area (TPSA) is 66.8 Å². The summed E-state index contributed by atoms with van der Waals surface area (Å²) in [6, 6.07) is 0. The molecular formula is C20H40O4. The van der Waals surface area contributed by atoms with Gasteiger partial charge in [-0.05, 0) is 31.6 Å². The van der Waals surface area contributed by atoms with Gasteiger partial charge in [0, 0.05) is 0 Å². The molecule has 144 valence electrons. The molecule has 1 atom stereocenters. The number of hydrogen-bond acceptors (Lipinski definition) is 4. The molecule has 0 aromatic rings. The van der Waals surface area contributed by atoms with Crippen molar-refractivity contribution in [1.29, 1.82) is 0 Å². The Morgan fingerprint density at radius 3 is 1.92 bits per heavy atom. The number of rotatable bonds is 14. The quantitative estimate of drug-likeness (QED) is 0.364. The molecule has 0 bridgehead atoms. The van der Waals surface area contributed by atoms with Gasteiger partial charge in [-0.3, -0.25) is 4.79 Å². The second-order valence-corrected chi connectivity index (χ2v) is 7.21. The Morgan fingerprint density at radius 1 is 0.958 bits per heavy atom. The number of aliphatic hydroxyl groups is 2. The molecule has 0 heterocycles. The van der Waals surface area contributed by atoms with Crippen LogP contribution in [0.2, 0.25) is 0 Å². The molecule has 0 spiro atoms. The van der Waals surface area contributed by atoms with Gasteiger partial charge < -0.3 is 14.9 Å². The first-order valence-electron chi connectivity index (χ1n) is 9.84. The van der Waals surface area contributed by atoms with Gasteiger partial charge in [-0.15, -0.1) is 0 Å². The zero-order chi connectivity index (χ0) is 18.6. The third kappa shape index (κ3) is 5.73. The molecule has 4 nitrogen and oxygen atoms in total. The van der Waals surface area contributed by atoms with Crippen LogP contribution in [0.15, 0.2) is 0 Å². The molecule has 0 aromatic heterocycles. The van der Waals surface area contributed by atoms with Gasteiger partial charge in [0.1, 0.15) is 6.61 Å². The average Bonchev–Trinajstić information content (AvgIpc) is 2.63. The summed E-state index contributed by atoms with van der Waals surface area (Å²) in [5.74, 6) is 0.168. The lowest BCUT2D eigenvalue weighted by atomic mass is 9.68. The van der Waals surface area contributed by atoms with Crippen LogP contribution in [-0.4, -0.2) is 36.0 Å². The van der Waals surface area contributed by atoms with E-state index in [1.54, 1.807) is 0 Å². The largest absolute Gasteiger partial charge is 0.464 e. The number of aliphatic hydroxyl groups excluding tert-OH is 2. The molecule has 0 aromatic carbocycles. The number of esters is 1. The highest BCUT2D eigenvalue weighted by atomic mass is 16.5. The molecule has 24 heavy (non-hydrogen) atoms. The van der Waals surface area contributed by atoms with E-state index in [0.717, 1.165) is 32.1 Å². The van der Waals surface area contributed by atoms with Crippen LogP contribution in [-0.2, 0) is 9.53 Å². The van der Waals surface area contributed by atoms with Crippen molar-refractivity contribution in [2.24, 2.45) is 16.7 Å². The van der Waals surface area contributed by atoms with E-state index < -0.39 is 10.8 Å². The summed E-state index contributed by atoms with van der Waals surface area (Å²) >= 11 is 0. The van der Waals surface area contributed by atoms with E-state index in [-0.39, 0.29) is 25.8 Å². The Kier molecular flexibility index (Phi) is 11.6. The first-order chi connectivity index (χ1) is 11.5. The monoisotopic (exact) mass is 344 g/mol. The van der Waals surface area contributed by atoms with Crippen LogP contribution in [0.4, 0.5) is 0 Å². The van der Waals surface area contributed by atoms with Crippen molar-refractivity contribution >= 4 is 5.97 Å². The zero-order valence-corrected chi connectivity index (χ0v) is 16.6. The molecule has 0 aliphatic rings. The lowest BCUT2D eigenvalue weighted by molar-refractivity contribution is -0.167. The van der Waals surface area contributed by atoms with Crippen LogP contribution < -0.4 is 0 Å². The molecular weight excluding hydrogens is 304 g/mol. The first kappa shape index (κ1) is 23.4. The molecule has 0 saturated carbocycles. The molecule has 0 fully saturated rings. The number of ether oxygens (including phenoxy) is 1. The Morgan fingerprint density at radius 2 is 1.54 bits per heavy atom. The predicted molar refractivity (Wildman–Crippen MR) is 98.8 cm³/mol. The summed E-state index contributed by atoms with van der Waals surface area (Å²) in [7, 11) is 0. The van der Waals surface area contributed by atoms with Gasteiger partial charge >= 0.3 is 5.97 Å². The first-order valence-corrected chi connectivity index (χ1v) is 9.84. The van der Waals surface area contributed by atoms with E-state index in [0.29, 0.717) is 12.3 Å². The Hall–Kier alpha value is -0.610. The molecule has 0 radical (unpaired) electrons. The fraction of sp³-hybridized carbons (Fsp3) is 0.950. The van der Waals surface area contributed by atoms with Gasteiger partial charge in [0.05, 0.1) is 24.0 Å². The normalized spacial score (nSPS) is 13.8. The third-order valence-electron chi connectivity index (χ3n) is 6.03. The molecule has 1 unspecified atom stereocenters. The third-order valence-corrected chi connectivity index (χ3v) is 6.03. The number of carbonyl (C=O) groups is 1. The smallest absolute Gasteiger partial charge is 0.312 e.